The van der Waals surface area contributed by atoms with Crippen LogP contribution in [-0.2, 0) is 14.3 Å². The Labute approximate surface area is 262 Å². The molecule has 0 saturated carbocycles. The number of nitrogen functional groups attached to an aromatic ring is 1. The van der Waals surface area contributed by atoms with E-state index in [9.17, 15) is 14.4 Å². The number of hydrogen-bond acceptors (Lipinski definition) is 8. The molecule has 0 bridgehead atoms. The number of benzene rings is 1. The predicted molar refractivity (Wildman–Crippen MR) is 166 cm³/mol. The van der Waals surface area contributed by atoms with Crippen molar-refractivity contribution in [2.24, 2.45) is 0 Å². The number of ether oxygens (including phenoxy) is 2. The average molecular weight is 636 g/mol. The van der Waals surface area contributed by atoms with E-state index in [1.165, 1.54) is 16.0 Å². The van der Waals surface area contributed by atoms with Gasteiger partial charge in [0.1, 0.15) is 17.2 Å². The predicted octanol–water partition coefficient (Wildman–Crippen LogP) is 5.22. The first-order valence-electron chi connectivity index (χ1n) is 14.2. The molecular formula is C30H40Cl2N6O5. The van der Waals surface area contributed by atoms with Gasteiger partial charge in [0, 0.05) is 43.9 Å². The highest BCUT2D eigenvalue weighted by Crippen LogP contribution is 2.35. The van der Waals surface area contributed by atoms with Gasteiger partial charge in [-0.15, -0.1) is 0 Å². The first-order chi connectivity index (χ1) is 20.0. The summed E-state index contributed by atoms with van der Waals surface area (Å²) in [6.45, 7) is 12.0. The lowest BCUT2D eigenvalue weighted by Crippen LogP contribution is -2.64. The molecule has 2 saturated heterocycles. The van der Waals surface area contributed by atoms with E-state index in [-0.39, 0.29) is 38.1 Å². The Balaban J connectivity index is 1.64. The maximum absolute atomic E-state index is 14.3. The van der Waals surface area contributed by atoms with E-state index in [0.29, 0.717) is 34.6 Å². The molecule has 2 fully saturated rings. The highest BCUT2D eigenvalue weighted by atomic mass is 35.5. The molecular weight excluding hydrogens is 595 g/mol. The van der Waals surface area contributed by atoms with Gasteiger partial charge in [0.2, 0.25) is 5.91 Å². The molecule has 0 aliphatic carbocycles. The average Bonchev–Trinajstić information content (AvgIpc) is 2.91. The van der Waals surface area contributed by atoms with Crippen LogP contribution in [0.25, 0.3) is 0 Å². The van der Waals surface area contributed by atoms with Crippen LogP contribution in [-0.4, -0.2) is 94.3 Å². The van der Waals surface area contributed by atoms with Gasteiger partial charge in [-0.1, -0.05) is 35.3 Å². The van der Waals surface area contributed by atoms with Crippen molar-refractivity contribution >= 4 is 52.8 Å². The fraction of sp³-hybridized carbons (Fsp3) is 0.533. The molecule has 2 aliphatic heterocycles. The summed E-state index contributed by atoms with van der Waals surface area (Å²) in [6, 6.07) is 7.73. The third-order valence-corrected chi connectivity index (χ3v) is 7.48. The number of pyridine rings is 1. The number of carbonyl (C=O) groups is 3. The van der Waals surface area contributed by atoms with Crippen LogP contribution in [0.4, 0.5) is 21.1 Å². The van der Waals surface area contributed by atoms with E-state index in [1.54, 1.807) is 64.6 Å². The Morgan fingerprint density at radius 2 is 1.44 bits per heavy atom. The minimum Gasteiger partial charge on any atom is -0.444 e. The summed E-state index contributed by atoms with van der Waals surface area (Å²) in [4.78, 5) is 51.7. The van der Waals surface area contributed by atoms with Crippen molar-refractivity contribution in [3.63, 3.8) is 0 Å². The molecule has 11 nitrogen and oxygen atoms in total. The summed E-state index contributed by atoms with van der Waals surface area (Å²) < 4.78 is 11.2. The summed E-state index contributed by atoms with van der Waals surface area (Å²) in [5.41, 5.74) is 6.17. The molecule has 2 aliphatic rings. The Morgan fingerprint density at radius 3 is 2.05 bits per heavy atom. The summed E-state index contributed by atoms with van der Waals surface area (Å²) in [5, 5.41) is 1.01. The van der Waals surface area contributed by atoms with Crippen molar-refractivity contribution in [2.45, 2.75) is 64.8 Å². The zero-order valence-corrected chi connectivity index (χ0v) is 27.0. The molecule has 0 radical (unpaired) electrons. The fourth-order valence-corrected chi connectivity index (χ4v) is 5.42. The molecule has 3 heterocycles. The number of nitrogens with two attached hydrogens (primary N) is 1. The van der Waals surface area contributed by atoms with Crippen LogP contribution in [0.15, 0.2) is 36.5 Å². The van der Waals surface area contributed by atoms with Gasteiger partial charge in [0.05, 0.1) is 23.3 Å². The number of carbonyl (C=O) groups excluding carboxylic acids is 3. The second-order valence-corrected chi connectivity index (χ2v) is 13.6. The number of halogens is 2. The maximum atomic E-state index is 14.3. The third kappa shape index (κ3) is 8.14. The van der Waals surface area contributed by atoms with Crippen molar-refractivity contribution in [3.8, 4) is 0 Å². The Hall–Kier alpha value is -3.44. The Morgan fingerprint density at radius 1 is 0.837 bits per heavy atom. The maximum Gasteiger partial charge on any atom is 0.411 e. The van der Waals surface area contributed by atoms with E-state index in [2.05, 4.69) is 4.98 Å². The van der Waals surface area contributed by atoms with Crippen LogP contribution in [0.3, 0.4) is 0 Å². The number of nitrogens with zero attached hydrogens (tertiary/aromatic N) is 5. The second kappa shape index (κ2) is 12.7. The van der Waals surface area contributed by atoms with Gasteiger partial charge in [-0.25, -0.2) is 14.6 Å². The Bertz CT molecular complexity index is 1340. The summed E-state index contributed by atoms with van der Waals surface area (Å²) in [7, 11) is 0. The molecule has 13 heteroatoms. The summed E-state index contributed by atoms with van der Waals surface area (Å²) >= 11 is 12.3. The van der Waals surface area contributed by atoms with Gasteiger partial charge in [0.15, 0.2) is 5.82 Å². The monoisotopic (exact) mass is 634 g/mol. The van der Waals surface area contributed by atoms with Crippen molar-refractivity contribution in [3.05, 3.63) is 52.1 Å². The number of piperazine rings is 2. The standard InChI is InChI=1S/C30H40Cl2N6O5/c1-29(2,3)42-27(40)36-12-14-38(28(41)43-30(4,5)6)24(18-36)26(39)35-11-13-37(25-22(33)15-21(32)16-34-25)23(17-35)19-7-9-20(31)10-8-19/h7-10,15-16,23-24H,11-14,17-18,33H2,1-6H3. The quantitative estimate of drug-likeness (QED) is 0.488. The lowest BCUT2D eigenvalue weighted by molar-refractivity contribution is -0.140. The van der Waals surface area contributed by atoms with Gasteiger partial charge >= 0.3 is 12.2 Å². The van der Waals surface area contributed by atoms with Gasteiger partial charge in [-0.2, -0.15) is 0 Å². The SMILES string of the molecule is CC(C)(C)OC(=O)N1CCN(C(=O)OC(C)(C)C)C(C(=O)N2CCN(c3ncc(Cl)cc3N)C(c3ccc(Cl)cc3)C2)C1. The second-order valence-electron chi connectivity index (χ2n) is 12.7. The molecule has 2 atom stereocenters. The molecule has 1 aromatic carbocycles. The van der Waals surface area contributed by atoms with Crippen LogP contribution in [0.5, 0.6) is 0 Å². The minimum atomic E-state index is -0.965. The third-order valence-electron chi connectivity index (χ3n) is 7.03. The minimum absolute atomic E-state index is 0.0233. The van der Waals surface area contributed by atoms with Gasteiger partial charge < -0.3 is 29.9 Å². The normalized spacial score (nSPS) is 19.7. The van der Waals surface area contributed by atoms with Crippen LogP contribution >= 0.6 is 23.2 Å². The highest BCUT2D eigenvalue weighted by molar-refractivity contribution is 6.31. The topological polar surface area (TPSA) is 122 Å². The van der Waals surface area contributed by atoms with Gasteiger partial charge in [-0.3, -0.25) is 9.69 Å². The number of rotatable bonds is 3. The highest BCUT2D eigenvalue weighted by Gasteiger charge is 2.43. The van der Waals surface area contributed by atoms with E-state index < -0.39 is 29.4 Å². The lowest BCUT2D eigenvalue weighted by Gasteiger charge is -2.46. The van der Waals surface area contributed by atoms with E-state index in [1.807, 2.05) is 17.0 Å². The molecule has 2 unspecified atom stereocenters. The molecule has 0 spiro atoms. The van der Waals surface area contributed by atoms with Crippen LogP contribution in [0.1, 0.15) is 53.1 Å². The van der Waals surface area contributed by atoms with E-state index in [4.69, 9.17) is 38.4 Å². The van der Waals surface area contributed by atoms with Crippen LogP contribution in [0.2, 0.25) is 10.0 Å². The van der Waals surface area contributed by atoms with Crippen molar-refractivity contribution in [1.82, 2.24) is 19.7 Å². The molecule has 2 aromatic rings. The van der Waals surface area contributed by atoms with Gasteiger partial charge in [-0.05, 0) is 65.3 Å². The van der Waals surface area contributed by atoms with E-state index in [0.717, 1.165) is 5.56 Å². The van der Waals surface area contributed by atoms with Crippen molar-refractivity contribution in [2.75, 3.05) is 49.9 Å². The largest absolute Gasteiger partial charge is 0.444 e. The number of hydrogen-bond donors (Lipinski definition) is 1. The molecule has 4 rings (SSSR count). The number of amides is 3. The molecule has 3 amide bonds. The molecule has 43 heavy (non-hydrogen) atoms. The summed E-state index contributed by atoms with van der Waals surface area (Å²) in [6.07, 6.45) is 0.387. The van der Waals surface area contributed by atoms with Crippen LogP contribution in [0, 0.1) is 0 Å². The molecule has 234 valence electrons. The van der Waals surface area contributed by atoms with Crippen molar-refractivity contribution < 1.29 is 23.9 Å². The first kappa shape index (κ1) is 32.5. The smallest absolute Gasteiger partial charge is 0.411 e. The molecule has 1 aromatic heterocycles. The van der Waals surface area contributed by atoms with Crippen molar-refractivity contribution in [1.29, 1.82) is 0 Å². The van der Waals surface area contributed by atoms with E-state index >= 15 is 0 Å². The Kier molecular flexibility index (Phi) is 9.56. The zero-order chi connectivity index (χ0) is 31.7. The fourth-order valence-electron chi connectivity index (χ4n) is 5.13. The zero-order valence-electron chi connectivity index (χ0n) is 25.5. The molecule has 2 N–H and O–H groups in total. The number of anilines is 2. The first-order valence-corrected chi connectivity index (χ1v) is 15.0. The van der Waals surface area contributed by atoms with Crippen LogP contribution < -0.4 is 10.6 Å². The summed E-state index contributed by atoms with van der Waals surface area (Å²) in [5.74, 6) is 0.260. The lowest BCUT2D eigenvalue weighted by atomic mass is 10.0. The van der Waals surface area contributed by atoms with Gasteiger partial charge in [0.25, 0.3) is 0 Å². The number of aromatic nitrogens is 1.